The van der Waals surface area contributed by atoms with Gasteiger partial charge in [0.1, 0.15) is 6.54 Å². The molecule has 0 aliphatic carbocycles. The van der Waals surface area contributed by atoms with Crippen LogP contribution >= 0.6 is 7.60 Å². The second-order valence-corrected chi connectivity index (χ2v) is 12.6. The number of aliphatic hydroxyl groups is 1. The van der Waals surface area contributed by atoms with E-state index in [4.69, 9.17) is 0 Å². The van der Waals surface area contributed by atoms with Crippen molar-refractivity contribution in [1.29, 1.82) is 0 Å². The summed E-state index contributed by atoms with van der Waals surface area (Å²) in [4.78, 5) is 19.2. The standard InChI is InChI=1S/C27H54NO4P/c1-5-6-7-8-9-10-11-12-13-14-15-16-17-18-19-20-21-22-23-24-25-27(29,33(30,31)32)26-28(2,3)4/h7-8,12-13,29H,5-6,9-11,14-26H2,1-4H3,(H-,30,31,32)/p+1/b8-7-,13-12-. The third-order valence-electron chi connectivity index (χ3n) is 6.00. The molecule has 0 heterocycles. The van der Waals surface area contributed by atoms with E-state index >= 15 is 0 Å². The van der Waals surface area contributed by atoms with Gasteiger partial charge in [-0.25, -0.2) is 0 Å². The van der Waals surface area contributed by atoms with Gasteiger partial charge in [-0.2, -0.15) is 0 Å². The second kappa shape index (κ2) is 18.8. The lowest BCUT2D eigenvalue weighted by Gasteiger charge is -2.35. The van der Waals surface area contributed by atoms with Gasteiger partial charge in [-0.05, 0) is 51.4 Å². The van der Waals surface area contributed by atoms with Gasteiger partial charge in [-0.3, -0.25) is 4.57 Å². The molecule has 1 unspecified atom stereocenters. The van der Waals surface area contributed by atoms with Crippen LogP contribution in [-0.4, -0.2) is 52.4 Å². The molecule has 0 spiro atoms. The van der Waals surface area contributed by atoms with Crippen LogP contribution in [0.1, 0.15) is 116 Å². The van der Waals surface area contributed by atoms with Crippen LogP contribution in [0.4, 0.5) is 0 Å². The Labute approximate surface area is 205 Å². The number of hydrogen-bond donors (Lipinski definition) is 3. The van der Waals surface area contributed by atoms with Gasteiger partial charge in [0.05, 0.1) is 21.1 Å². The lowest BCUT2D eigenvalue weighted by Crippen LogP contribution is -2.49. The second-order valence-electron chi connectivity index (χ2n) is 10.7. The summed E-state index contributed by atoms with van der Waals surface area (Å²) in [6.07, 6.45) is 28.3. The van der Waals surface area contributed by atoms with Gasteiger partial charge in [-0.1, -0.05) is 89.0 Å². The summed E-state index contributed by atoms with van der Waals surface area (Å²) in [7, 11) is 0.974. The molecule has 0 saturated carbocycles. The number of rotatable bonds is 22. The SMILES string of the molecule is CCC/C=C\CCC/C=C\CCCCCCCCCCCCC(O)(C[N+](C)(C)C)P(=O)(O)O. The van der Waals surface area contributed by atoms with Crippen molar-refractivity contribution < 1.29 is 23.9 Å². The van der Waals surface area contributed by atoms with E-state index in [-0.39, 0.29) is 13.0 Å². The highest BCUT2D eigenvalue weighted by molar-refractivity contribution is 7.53. The van der Waals surface area contributed by atoms with Gasteiger partial charge in [0.15, 0.2) is 0 Å². The first-order valence-electron chi connectivity index (χ1n) is 13.4. The largest absolute Gasteiger partial charge is 0.373 e. The van der Waals surface area contributed by atoms with Crippen LogP contribution in [0.25, 0.3) is 0 Å². The van der Waals surface area contributed by atoms with Crippen molar-refractivity contribution in [2.75, 3.05) is 27.7 Å². The summed E-state index contributed by atoms with van der Waals surface area (Å²) in [5.74, 6) is 0. The highest BCUT2D eigenvalue weighted by Gasteiger charge is 2.48. The fourth-order valence-electron chi connectivity index (χ4n) is 4.15. The Morgan fingerprint density at radius 3 is 1.48 bits per heavy atom. The van der Waals surface area contributed by atoms with Crippen molar-refractivity contribution in [2.24, 2.45) is 0 Å². The zero-order valence-corrected chi connectivity index (χ0v) is 23.1. The molecule has 0 amide bonds. The predicted octanol–water partition coefficient (Wildman–Crippen LogP) is 7.32. The number of unbranched alkanes of at least 4 members (excludes halogenated alkanes) is 13. The van der Waals surface area contributed by atoms with Crippen LogP contribution in [0.2, 0.25) is 0 Å². The Balaban J connectivity index is 3.59. The van der Waals surface area contributed by atoms with Gasteiger partial charge in [0.25, 0.3) is 0 Å². The van der Waals surface area contributed by atoms with Crippen molar-refractivity contribution >= 4 is 7.60 Å². The molecule has 0 aliphatic rings. The summed E-state index contributed by atoms with van der Waals surface area (Å²) in [6, 6.07) is 0. The zero-order chi connectivity index (χ0) is 25.1. The number of quaternary nitrogens is 1. The van der Waals surface area contributed by atoms with Crippen molar-refractivity contribution in [2.45, 2.75) is 121 Å². The zero-order valence-electron chi connectivity index (χ0n) is 22.2. The van der Waals surface area contributed by atoms with E-state index in [1.54, 1.807) is 0 Å². The summed E-state index contributed by atoms with van der Waals surface area (Å²) in [6.45, 7) is 2.27. The Kier molecular flexibility index (Phi) is 18.6. The van der Waals surface area contributed by atoms with Crippen molar-refractivity contribution in [1.82, 2.24) is 0 Å². The van der Waals surface area contributed by atoms with E-state index in [1.165, 1.54) is 83.5 Å². The Bertz CT molecular complexity index is 565. The van der Waals surface area contributed by atoms with Crippen LogP contribution in [0.15, 0.2) is 24.3 Å². The highest BCUT2D eigenvalue weighted by Crippen LogP contribution is 2.52. The fraction of sp³-hybridized carbons (Fsp3) is 0.852. The maximum atomic E-state index is 11.8. The van der Waals surface area contributed by atoms with E-state index in [2.05, 4.69) is 31.2 Å². The number of allylic oxidation sites excluding steroid dienone is 4. The summed E-state index contributed by atoms with van der Waals surface area (Å²) < 4.78 is 12.1. The van der Waals surface area contributed by atoms with Gasteiger partial charge in [0.2, 0.25) is 5.34 Å². The average Bonchev–Trinajstić information content (AvgIpc) is 2.70. The minimum Gasteiger partial charge on any atom is -0.373 e. The quantitative estimate of drug-likeness (QED) is 0.0645. The molecule has 0 saturated heterocycles. The molecule has 0 aliphatic heterocycles. The number of hydrogen-bond acceptors (Lipinski definition) is 2. The summed E-state index contributed by atoms with van der Waals surface area (Å²) >= 11 is 0. The Morgan fingerprint density at radius 2 is 1.06 bits per heavy atom. The molecule has 6 heteroatoms. The minimum absolute atomic E-state index is 0.0593. The first-order chi connectivity index (χ1) is 15.5. The van der Waals surface area contributed by atoms with Crippen molar-refractivity contribution in [3.8, 4) is 0 Å². The van der Waals surface area contributed by atoms with E-state index < -0.39 is 12.9 Å². The lowest BCUT2D eigenvalue weighted by molar-refractivity contribution is -0.875. The lowest BCUT2D eigenvalue weighted by atomic mass is 10.0. The van der Waals surface area contributed by atoms with Gasteiger partial charge in [0, 0.05) is 0 Å². The molecular weight excluding hydrogens is 433 g/mol. The molecule has 1 atom stereocenters. The van der Waals surface area contributed by atoms with Crippen LogP contribution in [0.5, 0.6) is 0 Å². The van der Waals surface area contributed by atoms with Crippen molar-refractivity contribution in [3.63, 3.8) is 0 Å². The third-order valence-corrected chi connectivity index (χ3v) is 7.45. The monoisotopic (exact) mass is 488 g/mol. The molecule has 5 nitrogen and oxygen atoms in total. The molecule has 0 radical (unpaired) electrons. The summed E-state index contributed by atoms with van der Waals surface area (Å²) in [5.41, 5.74) is 0. The van der Waals surface area contributed by atoms with Crippen molar-refractivity contribution in [3.05, 3.63) is 24.3 Å². The van der Waals surface area contributed by atoms with Gasteiger partial charge < -0.3 is 19.4 Å². The molecule has 33 heavy (non-hydrogen) atoms. The van der Waals surface area contributed by atoms with Gasteiger partial charge >= 0.3 is 7.60 Å². The molecule has 3 N–H and O–H groups in total. The van der Waals surface area contributed by atoms with E-state index in [9.17, 15) is 19.5 Å². The third kappa shape index (κ3) is 19.5. The van der Waals surface area contributed by atoms with E-state index in [1.807, 2.05) is 21.1 Å². The van der Waals surface area contributed by atoms with Crippen LogP contribution in [-0.2, 0) is 4.57 Å². The summed E-state index contributed by atoms with van der Waals surface area (Å²) in [5, 5.41) is 8.64. The number of nitrogens with zero attached hydrogens (tertiary/aromatic N) is 1. The first-order valence-corrected chi connectivity index (χ1v) is 15.0. The molecule has 0 aromatic carbocycles. The molecule has 196 valence electrons. The average molecular weight is 489 g/mol. The fourth-order valence-corrected chi connectivity index (χ4v) is 5.21. The highest BCUT2D eigenvalue weighted by atomic mass is 31.2. The topological polar surface area (TPSA) is 77.8 Å². The maximum Gasteiger partial charge on any atom is 0.362 e. The van der Waals surface area contributed by atoms with Crippen LogP contribution in [0, 0.1) is 0 Å². The first kappa shape index (κ1) is 32.5. The molecular formula is C27H55NO4P+. The predicted molar refractivity (Wildman–Crippen MR) is 142 cm³/mol. The molecule has 0 aromatic rings. The van der Waals surface area contributed by atoms with E-state index in [0.29, 0.717) is 10.9 Å². The smallest absolute Gasteiger partial charge is 0.362 e. The molecule has 0 bridgehead atoms. The van der Waals surface area contributed by atoms with Crippen LogP contribution < -0.4 is 0 Å². The van der Waals surface area contributed by atoms with E-state index in [0.717, 1.165) is 12.8 Å². The van der Waals surface area contributed by atoms with Crippen LogP contribution in [0.3, 0.4) is 0 Å². The van der Waals surface area contributed by atoms with Gasteiger partial charge in [-0.15, -0.1) is 0 Å². The Morgan fingerprint density at radius 1 is 0.667 bits per heavy atom. The Hall–Kier alpha value is -0.450. The minimum atomic E-state index is -4.55. The maximum absolute atomic E-state index is 11.8. The molecule has 0 fully saturated rings. The number of likely N-dealkylation sites (N-methyl/N-ethyl adjacent to an activating group) is 1. The molecule has 0 rings (SSSR count). The molecule has 0 aromatic heterocycles. The normalized spacial score (nSPS) is 15.0.